The highest BCUT2D eigenvalue weighted by molar-refractivity contribution is 5.85. The van der Waals surface area contributed by atoms with Gasteiger partial charge in [0.1, 0.15) is 11.9 Å². The maximum absolute atomic E-state index is 13.3. The van der Waals surface area contributed by atoms with Crippen LogP contribution in [0.4, 0.5) is 10.1 Å². The summed E-state index contributed by atoms with van der Waals surface area (Å²) < 4.78 is 31.7. The Balaban J connectivity index is 0.00000324. The SMILES string of the molecule is COCCn1nnnc1C(c1cccc(OC)c1OC)N1CCN(c2ccc(F)cc2)CC1.Cl. The van der Waals surface area contributed by atoms with Crippen molar-refractivity contribution >= 4 is 18.1 Å². The zero-order valence-electron chi connectivity index (χ0n) is 19.6. The van der Waals surface area contributed by atoms with E-state index in [-0.39, 0.29) is 24.3 Å². The first-order valence-corrected chi connectivity index (χ1v) is 10.9. The van der Waals surface area contributed by atoms with Gasteiger partial charge in [0, 0.05) is 44.5 Å². The monoisotopic (exact) mass is 492 g/mol. The maximum Gasteiger partial charge on any atom is 0.173 e. The molecule has 2 heterocycles. The Hall–Kier alpha value is -2.95. The lowest BCUT2D eigenvalue weighted by molar-refractivity contribution is 0.170. The number of tetrazole rings is 1. The highest BCUT2D eigenvalue weighted by Gasteiger charge is 2.33. The standard InChI is InChI=1S/C23H29FN6O3.ClH/c1-31-16-15-30-23(25-26-27-30)21(19-5-4-6-20(32-2)22(19)33-3)29-13-11-28(12-14-29)18-9-7-17(24)8-10-18;/h4-10,21H,11-16H2,1-3H3;1H. The Morgan fingerprint density at radius 1 is 0.971 bits per heavy atom. The molecule has 1 fully saturated rings. The predicted molar refractivity (Wildman–Crippen MR) is 129 cm³/mol. The molecule has 0 aliphatic carbocycles. The molecule has 0 amide bonds. The van der Waals surface area contributed by atoms with E-state index in [9.17, 15) is 4.39 Å². The molecule has 1 aliphatic rings. The van der Waals surface area contributed by atoms with Crippen LogP contribution in [0.1, 0.15) is 17.4 Å². The average Bonchev–Trinajstić information content (AvgIpc) is 3.31. The second-order valence-corrected chi connectivity index (χ2v) is 7.74. The van der Waals surface area contributed by atoms with Crippen molar-refractivity contribution in [1.29, 1.82) is 0 Å². The molecule has 1 atom stereocenters. The average molecular weight is 493 g/mol. The lowest BCUT2D eigenvalue weighted by atomic mass is 10.0. The molecule has 184 valence electrons. The van der Waals surface area contributed by atoms with Crippen LogP contribution in [-0.4, -0.2) is 79.2 Å². The number of anilines is 1. The summed E-state index contributed by atoms with van der Waals surface area (Å²) in [5.74, 6) is 1.80. The van der Waals surface area contributed by atoms with Crippen molar-refractivity contribution in [3.63, 3.8) is 0 Å². The van der Waals surface area contributed by atoms with Crippen molar-refractivity contribution in [3.05, 3.63) is 59.7 Å². The Labute approximate surface area is 204 Å². The summed E-state index contributed by atoms with van der Waals surface area (Å²) >= 11 is 0. The Bertz CT molecular complexity index is 1040. The summed E-state index contributed by atoms with van der Waals surface area (Å²) in [6.07, 6.45) is 0. The molecular formula is C23H30ClFN6O3. The molecule has 11 heteroatoms. The fraction of sp³-hybridized carbons (Fsp3) is 0.435. The van der Waals surface area contributed by atoms with E-state index in [4.69, 9.17) is 14.2 Å². The first-order chi connectivity index (χ1) is 16.2. The molecule has 1 unspecified atom stereocenters. The minimum Gasteiger partial charge on any atom is -0.493 e. The number of aromatic nitrogens is 4. The zero-order chi connectivity index (χ0) is 23.2. The molecule has 0 saturated carbocycles. The van der Waals surface area contributed by atoms with Gasteiger partial charge in [-0.25, -0.2) is 9.07 Å². The van der Waals surface area contributed by atoms with Gasteiger partial charge in [-0.1, -0.05) is 12.1 Å². The summed E-state index contributed by atoms with van der Waals surface area (Å²) in [4.78, 5) is 4.59. The molecular weight excluding hydrogens is 463 g/mol. The van der Waals surface area contributed by atoms with Gasteiger partial charge in [0.15, 0.2) is 17.3 Å². The third kappa shape index (κ3) is 5.40. The molecule has 4 rings (SSSR count). The molecule has 34 heavy (non-hydrogen) atoms. The van der Waals surface area contributed by atoms with Gasteiger partial charge in [0.25, 0.3) is 0 Å². The van der Waals surface area contributed by atoms with Crippen LogP contribution < -0.4 is 14.4 Å². The number of methoxy groups -OCH3 is 3. The number of nitrogens with zero attached hydrogens (tertiary/aromatic N) is 6. The molecule has 1 aromatic heterocycles. The lowest BCUT2D eigenvalue weighted by Gasteiger charge is -2.40. The van der Waals surface area contributed by atoms with Gasteiger partial charge in [0.05, 0.1) is 27.4 Å². The smallest absolute Gasteiger partial charge is 0.173 e. The molecule has 0 N–H and O–H groups in total. The van der Waals surface area contributed by atoms with Crippen molar-refractivity contribution < 1.29 is 18.6 Å². The number of para-hydroxylation sites is 1. The fourth-order valence-corrected chi connectivity index (χ4v) is 4.26. The summed E-state index contributed by atoms with van der Waals surface area (Å²) in [6.45, 7) is 4.14. The molecule has 1 aliphatic heterocycles. The Morgan fingerprint density at radius 3 is 2.35 bits per heavy atom. The van der Waals surface area contributed by atoms with E-state index in [1.807, 2.05) is 30.3 Å². The maximum atomic E-state index is 13.3. The quantitative estimate of drug-likeness (QED) is 0.451. The van der Waals surface area contributed by atoms with E-state index in [0.29, 0.717) is 30.5 Å². The normalized spacial score (nSPS) is 15.0. The third-order valence-electron chi connectivity index (χ3n) is 5.91. The number of halogens is 2. The van der Waals surface area contributed by atoms with Crippen molar-refractivity contribution in [2.45, 2.75) is 12.6 Å². The van der Waals surface area contributed by atoms with Crippen LogP contribution in [0.15, 0.2) is 42.5 Å². The number of benzene rings is 2. The largest absolute Gasteiger partial charge is 0.493 e. The number of piperazine rings is 1. The number of ether oxygens (including phenoxy) is 3. The van der Waals surface area contributed by atoms with Crippen LogP contribution in [0, 0.1) is 5.82 Å². The van der Waals surface area contributed by atoms with Gasteiger partial charge >= 0.3 is 0 Å². The first kappa shape index (κ1) is 25.7. The van der Waals surface area contributed by atoms with Crippen molar-refractivity contribution in [2.75, 3.05) is 59.0 Å². The predicted octanol–water partition coefficient (Wildman–Crippen LogP) is 2.81. The van der Waals surface area contributed by atoms with Gasteiger partial charge in [0.2, 0.25) is 0 Å². The van der Waals surface area contributed by atoms with Gasteiger partial charge in [-0.2, -0.15) is 0 Å². The van der Waals surface area contributed by atoms with Crippen LogP contribution in [0.3, 0.4) is 0 Å². The third-order valence-corrected chi connectivity index (χ3v) is 5.91. The Kier molecular flexibility index (Phi) is 9.03. The van der Waals surface area contributed by atoms with Gasteiger partial charge < -0.3 is 19.1 Å². The first-order valence-electron chi connectivity index (χ1n) is 10.9. The van der Waals surface area contributed by atoms with E-state index in [2.05, 4.69) is 25.3 Å². The molecule has 0 spiro atoms. The van der Waals surface area contributed by atoms with Gasteiger partial charge in [-0.05, 0) is 40.8 Å². The van der Waals surface area contributed by atoms with Gasteiger partial charge in [-0.15, -0.1) is 17.5 Å². The molecule has 0 radical (unpaired) electrons. The van der Waals surface area contributed by atoms with Gasteiger partial charge in [-0.3, -0.25) is 4.90 Å². The van der Waals surface area contributed by atoms with Crippen LogP contribution in [0.2, 0.25) is 0 Å². The van der Waals surface area contributed by atoms with Crippen LogP contribution in [-0.2, 0) is 11.3 Å². The van der Waals surface area contributed by atoms with E-state index in [1.54, 1.807) is 26.0 Å². The fourth-order valence-electron chi connectivity index (χ4n) is 4.26. The van der Waals surface area contributed by atoms with E-state index in [0.717, 1.165) is 37.4 Å². The zero-order valence-corrected chi connectivity index (χ0v) is 20.4. The summed E-state index contributed by atoms with van der Waals surface area (Å²) in [5, 5.41) is 12.5. The van der Waals surface area contributed by atoms with Crippen molar-refractivity contribution in [3.8, 4) is 11.5 Å². The number of hydrogen-bond acceptors (Lipinski definition) is 8. The van der Waals surface area contributed by atoms with Crippen molar-refractivity contribution in [1.82, 2.24) is 25.1 Å². The molecule has 0 bridgehead atoms. The van der Waals surface area contributed by atoms with Crippen LogP contribution >= 0.6 is 12.4 Å². The van der Waals surface area contributed by atoms with Crippen LogP contribution in [0.25, 0.3) is 0 Å². The van der Waals surface area contributed by atoms with E-state index in [1.165, 1.54) is 12.1 Å². The minimum absolute atomic E-state index is 0. The summed E-state index contributed by atoms with van der Waals surface area (Å²) in [5.41, 5.74) is 1.94. The highest BCUT2D eigenvalue weighted by Crippen LogP contribution is 2.39. The number of rotatable bonds is 9. The summed E-state index contributed by atoms with van der Waals surface area (Å²) in [7, 11) is 4.92. The van der Waals surface area contributed by atoms with Crippen LogP contribution in [0.5, 0.6) is 11.5 Å². The molecule has 9 nitrogen and oxygen atoms in total. The molecule has 1 saturated heterocycles. The van der Waals surface area contributed by atoms with Crippen molar-refractivity contribution in [2.24, 2.45) is 0 Å². The number of hydrogen-bond donors (Lipinski definition) is 0. The van der Waals surface area contributed by atoms with E-state index >= 15 is 0 Å². The van der Waals surface area contributed by atoms with E-state index < -0.39 is 0 Å². The topological polar surface area (TPSA) is 77.8 Å². The second kappa shape index (κ2) is 12.0. The molecule has 2 aromatic carbocycles. The minimum atomic E-state index is -0.239. The lowest BCUT2D eigenvalue weighted by Crippen LogP contribution is -2.48. The second-order valence-electron chi connectivity index (χ2n) is 7.74. The highest BCUT2D eigenvalue weighted by atomic mass is 35.5. The Morgan fingerprint density at radius 2 is 1.71 bits per heavy atom. The molecule has 3 aromatic rings. The summed E-state index contributed by atoms with van der Waals surface area (Å²) in [6, 6.07) is 12.2.